The highest BCUT2D eigenvalue weighted by Gasteiger charge is 2.28. The first kappa shape index (κ1) is 25.7. The number of nitrogens with one attached hydrogen (secondary N) is 1. The molecule has 1 atom stereocenters. The van der Waals surface area contributed by atoms with Crippen LogP contribution >= 0.6 is 0 Å². The molecule has 3 rings (SSSR count). The summed E-state index contributed by atoms with van der Waals surface area (Å²) in [6, 6.07) is 13.2. The van der Waals surface area contributed by atoms with Gasteiger partial charge in [0.25, 0.3) is 0 Å². The molecule has 1 N–H and O–H groups in total. The quantitative estimate of drug-likeness (QED) is 0.456. The van der Waals surface area contributed by atoms with E-state index in [1.165, 1.54) is 5.56 Å². The molecule has 0 aliphatic carbocycles. The average molecular weight is 463 g/mol. The second-order valence-corrected chi connectivity index (χ2v) is 11.4. The van der Waals surface area contributed by atoms with Crippen molar-refractivity contribution in [3.05, 3.63) is 59.2 Å². The lowest BCUT2D eigenvalue weighted by Gasteiger charge is -2.29. The van der Waals surface area contributed by atoms with Gasteiger partial charge in [-0.2, -0.15) is 0 Å². The number of ketones is 1. The van der Waals surface area contributed by atoms with Gasteiger partial charge in [0.05, 0.1) is 24.8 Å². The Morgan fingerprint density at radius 3 is 2.56 bits per heavy atom. The Morgan fingerprint density at radius 1 is 1.15 bits per heavy atom. The van der Waals surface area contributed by atoms with Crippen LogP contribution in [0.5, 0.6) is 5.75 Å². The third-order valence-corrected chi connectivity index (χ3v) is 5.98. The molecule has 0 radical (unpaired) electrons. The molecule has 0 fully saturated rings. The molecule has 1 unspecified atom stereocenters. The number of carbonyl (C=O) groups is 2. The van der Waals surface area contributed by atoms with Crippen LogP contribution in [0.25, 0.3) is 0 Å². The molecule has 5 nitrogen and oxygen atoms in total. The van der Waals surface area contributed by atoms with Gasteiger partial charge in [-0.15, -0.1) is 0 Å². The number of nitrogens with zero attached hydrogens (tertiary/aromatic N) is 1. The first-order valence-corrected chi connectivity index (χ1v) is 12.0. The second-order valence-electron chi connectivity index (χ2n) is 11.4. The van der Waals surface area contributed by atoms with Gasteiger partial charge in [0, 0.05) is 23.2 Å². The highest BCUT2D eigenvalue weighted by molar-refractivity contribution is 6.17. The van der Waals surface area contributed by atoms with Crippen molar-refractivity contribution in [1.82, 2.24) is 0 Å². The number of Topliss-reactive ketones (excluding diaryl/α,β-unsaturated/α-hetero) is 1. The predicted octanol–water partition coefficient (Wildman–Crippen LogP) is 6.49. The minimum absolute atomic E-state index is 0.0255. The maximum Gasteiger partial charge on any atom is 0.224 e. The van der Waals surface area contributed by atoms with Crippen molar-refractivity contribution in [2.24, 2.45) is 16.3 Å². The summed E-state index contributed by atoms with van der Waals surface area (Å²) in [4.78, 5) is 30.7. The van der Waals surface area contributed by atoms with Crippen LogP contribution in [0, 0.1) is 11.3 Å². The Morgan fingerprint density at radius 2 is 1.88 bits per heavy atom. The fourth-order valence-corrected chi connectivity index (χ4v) is 4.84. The van der Waals surface area contributed by atoms with Crippen LogP contribution in [0.2, 0.25) is 0 Å². The molecule has 0 bridgehead atoms. The second kappa shape index (κ2) is 10.1. The van der Waals surface area contributed by atoms with E-state index in [1.807, 2.05) is 24.3 Å². The summed E-state index contributed by atoms with van der Waals surface area (Å²) in [5.74, 6) is 0.988. The Labute approximate surface area is 204 Å². The van der Waals surface area contributed by atoms with E-state index in [0.717, 1.165) is 29.9 Å². The largest absolute Gasteiger partial charge is 0.497 e. The zero-order valence-corrected chi connectivity index (χ0v) is 21.6. The number of hydrogen-bond acceptors (Lipinski definition) is 4. The number of fused-ring (bicyclic) bond motifs is 1. The molecular weight excluding hydrogens is 424 g/mol. The van der Waals surface area contributed by atoms with Crippen molar-refractivity contribution < 1.29 is 14.3 Å². The topological polar surface area (TPSA) is 67.8 Å². The molecule has 2 aromatic carbocycles. The Bertz CT molecular complexity index is 1090. The van der Waals surface area contributed by atoms with E-state index in [-0.39, 0.29) is 35.0 Å². The number of amides is 1. The third-order valence-electron chi connectivity index (χ3n) is 5.98. The number of methoxy groups -OCH3 is 1. The highest BCUT2D eigenvalue weighted by atomic mass is 16.5. The normalized spacial score (nSPS) is 15.7. The molecule has 0 aromatic heterocycles. The summed E-state index contributed by atoms with van der Waals surface area (Å²) in [7, 11) is 1.64. The lowest BCUT2D eigenvalue weighted by molar-refractivity contribution is -0.117. The maximum absolute atomic E-state index is 13.2. The fourth-order valence-electron chi connectivity index (χ4n) is 4.84. The lowest BCUT2D eigenvalue weighted by Crippen LogP contribution is -2.30. The molecule has 1 aliphatic heterocycles. The SMILES string of the molecule is COc1ccc2c(c1)C(CC(=O)c1cccc(NC(=O)CC(C)CC(C)(C)C)c1)=NC(C)(C)C2. The van der Waals surface area contributed by atoms with E-state index in [9.17, 15) is 9.59 Å². The van der Waals surface area contributed by atoms with Crippen molar-refractivity contribution in [2.75, 3.05) is 12.4 Å². The molecular formula is C29H38N2O3. The van der Waals surface area contributed by atoms with E-state index in [0.29, 0.717) is 17.7 Å². The zero-order chi connectivity index (χ0) is 25.1. The van der Waals surface area contributed by atoms with Gasteiger partial charge in [-0.05, 0) is 67.9 Å². The number of aliphatic imine (C=N–C) groups is 1. The predicted molar refractivity (Wildman–Crippen MR) is 139 cm³/mol. The molecule has 1 heterocycles. The molecule has 182 valence electrons. The van der Waals surface area contributed by atoms with E-state index < -0.39 is 0 Å². The van der Waals surface area contributed by atoms with Crippen molar-refractivity contribution in [1.29, 1.82) is 0 Å². The van der Waals surface area contributed by atoms with Crippen LogP contribution in [-0.2, 0) is 11.2 Å². The van der Waals surface area contributed by atoms with Gasteiger partial charge in [-0.3, -0.25) is 14.6 Å². The van der Waals surface area contributed by atoms with Crippen molar-refractivity contribution >= 4 is 23.1 Å². The summed E-state index contributed by atoms with van der Waals surface area (Å²) in [6.07, 6.45) is 2.45. The summed E-state index contributed by atoms with van der Waals surface area (Å²) in [5, 5.41) is 2.96. The van der Waals surface area contributed by atoms with Crippen LogP contribution in [0.1, 0.15) is 82.3 Å². The van der Waals surface area contributed by atoms with Crippen LogP contribution in [0.15, 0.2) is 47.5 Å². The number of hydrogen-bond donors (Lipinski definition) is 1. The minimum atomic E-state index is -0.267. The summed E-state index contributed by atoms with van der Waals surface area (Å²) >= 11 is 0. The molecule has 0 saturated carbocycles. The van der Waals surface area contributed by atoms with E-state index in [2.05, 4.69) is 52.9 Å². The zero-order valence-electron chi connectivity index (χ0n) is 21.6. The Hall–Kier alpha value is -2.95. The van der Waals surface area contributed by atoms with Gasteiger partial charge in [-0.1, -0.05) is 45.9 Å². The van der Waals surface area contributed by atoms with E-state index >= 15 is 0 Å². The Kier molecular flexibility index (Phi) is 7.64. The van der Waals surface area contributed by atoms with Crippen molar-refractivity contribution in [3.63, 3.8) is 0 Å². The number of rotatable bonds is 8. The van der Waals surface area contributed by atoms with Crippen LogP contribution in [0.3, 0.4) is 0 Å². The van der Waals surface area contributed by atoms with Crippen LogP contribution in [-0.4, -0.2) is 30.1 Å². The van der Waals surface area contributed by atoms with Crippen LogP contribution < -0.4 is 10.1 Å². The maximum atomic E-state index is 13.2. The molecule has 0 saturated heterocycles. The number of anilines is 1. The lowest BCUT2D eigenvalue weighted by atomic mass is 9.84. The summed E-state index contributed by atoms with van der Waals surface area (Å²) in [6.45, 7) is 12.8. The van der Waals surface area contributed by atoms with E-state index in [1.54, 1.807) is 19.2 Å². The number of ether oxygens (including phenoxy) is 1. The molecule has 1 aliphatic rings. The van der Waals surface area contributed by atoms with Gasteiger partial charge >= 0.3 is 0 Å². The smallest absolute Gasteiger partial charge is 0.224 e. The molecule has 1 amide bonds. The van der Waals surface area contributed by atoms with E-state index in [4.69, 9.17) is 9.73 Å². The Balaban J connectivity index is 1.73. The van der Waals surface area contributed by atoms with Gasteiger partial charge < -0.3 is 10.1 Å². The number of carbonyl (C=O) groups excluding carboxylic acids is 2. The van der Waals surface area contributed by atoms with Gasteiger partial charge in [-0.25, -0.2) is 0 Å². The molecule has 5 heteroatoms. The van der Waals surface area contributed by atoms with Gasteiger partial charge in [0.15, 0.2) is 5.78 Å². The fraction of sp³-hybridized carbons (Fsp3) is 0.483. The van der Waals surface area contributed by atoms with Crippen molar-refractivity contribution in [3.8, 4) is 5.75 Å². The minimum Gasteiger partial charge on any atom is -0.497 e. The van der Waals surface area contributed by atoms with Crippen LogP contribution in [0.4, 0.5) is 5.69 Å². The van der Waals surface area contributed by atoms with Gasteiger partial charge in [0.1, 0.15) is 5.75 Å². The third kappa shape index (κ3) is 7.02. The first-order chi connectivity index (χ1) is 15.8. The molecule has 0 spiro atoms. The monoisotopic (exact) mass is 462 g/mol. The molecule has 2 aromatic rings. The van der Waals surface area contributed by atoms with Crippen molar-refractivity contribution in [2.45, 2.75) is 72.8 Å². The van der Waals surface area contributed by atoms with Gasteiger partial charge in [0.2, 0.25) is 5.91 Å². The first-order valence-electron chi connectivity index (χ1n) is 12.0. The summed E-state index contributed by atoms with van der Waals surface area (Å²) < 4.78 is 5.40. The highest BCUT2D eigenvalue weighted by Crippen LogP contribution is 2.31. The number of benzene rings is 2. The molecule has 34 heavy (non-hydrogen) atoms. The summed E-state index contributed by atoms with van der Waals surface area (Å²) in [5.41, 5.74) is 4.06. The standard InChI is InChI=1S/C29H38N2O3/c1-19(17-28(2,3)4)13-27(33)30-22-10-8-9-20(14-22)26(32)16-25-24-15-23(34-7)12-11-21(24)18-29(5,6)31-25/h8-12,14-15,19H,13,16-18H2,1-7H3,(H,30,33). The average Bonchev–Trinajstić information content (AvgIpc) is 2.71.